The third-order valence-electron chi connectivity index (χ3n) is 6.03. The van der Waals surface area contributed by atoms with Crippen molar-refractivity contribution < 1.29 is 9.53 Å². The molecular formula is C21H29N3O2. The molecule has 1 spiro atoms. The van der Waals surface area contributed by atoms with Crippen LogP contribution in [0.1, 0.15) is 30.4 Å². The normalized spacial score (nSPS) is 20.8. The molecule has 26 heavy (non-hydrogen) atoms. The Morgan fingerprint density at radius 3 is 2.88 bits per heavy atom. The lowest BCUT2D eigenvalue weighted by atomic mass is 9.89. The van der Waals surface area contributed by atoms with E-state index in [9.17, 15) is 4.79 Å². The van der Waals surface area contributed by atoms with Gasteiger partial charge in [0.1, 0.15) is 0 Å². The number of nitrogens with zero attached hydrogens (tertiary/aromatic N) is 2. The summed E-state index contributed by atoms with van der Waals surface area (Å²) in [7, 11) is 2.15. The molecule has 2 saturated heterocycles. The Labute approximate surface area is 155 Å². The summed E-state index contributed by atoms with van der Waals surface area (Å²) in [6.07, 6.45) is 5.45. The average Bonchev–Trinajstić information content (AvgIpc) is 3.05. The molecule has 0 aliphatic carbocycles. The first-order valence-corrected chi connectivity index (χ1v) is 9.72. The Bertz CT molecular complexity index is 790. The quantitative estimate of drug-likeness (QED) is 0.921. The number of hydrogen-bond donors (Lipinski definition) is 1. The van der Waals surface area contributed by atoms with E-state index in [4.69, 9.17) is 4.74 Å². The van der Waals surface area contributed by atoms with Crippen LogP contribution in [0.15, 0.2) is 24.4 Å². The van der Waals surface area contributed by atoms with Crippen LogP contribution in [0.3, 0.4) is 0 Å². The van der Waals surface area contributed by atoms with E-state index in [1.54, 1.807) is 0 Å². The molecule has 1 amide bonds. The van der Waals surface area contributed by atoms with Crippen LogP contribution in [0.4, 0.5) is 0 Å². The minimum absolute atomic E-state index is 0.113. The predicted molar refractivity (Wildman–Crippen MR) is 103 cm³/mol. The zero-order valence-electron chi connectivity index (χ0n) is 15.9. The number of piperidine rings is 1. The van der Waals surface area contributed by atoms with Gasteiger partial charge in [0, 0.05) is 49.7 Å². The number of ether oxygens (including phenoxy) is 1. The van der Waals surface area contributed by atoms with Crippen molar-refractivity contribution in [1.29, 1.82) is 0 Å². The Balaban J connectivity index is 1.39. The van der Waals surface area contributed by atoms with Gasteiger partial charge in [-0.25, -0.2) is 0 Å². The highest BCUT2D eigenvalue weighted by atomic mass is 16.5. The van der Waals surface area contributed by atoms with Crippen molar-refractivity contribution in [2.75, 3.05) is 39.8 Å². The summed E-state index contributed by atoms with van der Waals surface area (Å²) in [6.45, 7) is 6.36. The van der Waals surface area contributed by atoms with Crippen LogP contribution in [0.2, 0.25) is 0 Å². The number of H-pyrrole nitrogens is 1. The highest BCUT2D eigenvalue weighted by Crippen LogP contribution is 2.30. The summed E-state index contributed by atoms with van der Waals surface area (Å²) < 4.78 is 6.13. The lowest BCUT2D eigenvalue weighted by Crippen LogP contribution is -2.57. The Morgan fingerprint density at radius 1 is 1.27 bits per heavy atom. The van der Waals surface area contributed by atoms with E-state index in [0.717, 1.165) is 51.0 Å². The molecule has 1 aromatic carbocycles. The molecular weight excluding hydrogens is 326 g/mol. The van der Waals surface area contributed by atoms with E-state index in [0.29, 0.717) is 13.0 Å². The number of aromatic amines is 1. The van der Waals surface area contributed by atoms with Crippen molar-refractivity contribution >= 4 is 16.8 Å². The molecule has 140 valence electrons. The van der Waals surface area contributed by atoms with E-state index < -0.39 is 0 Å². The molecule has 0 unspecified atom stereocenters. The number of likely N-dealkylation sites (tertiary alicyclic amines) is 1. The summed E-state index contributed by atoms with van der Waals surface area (Å²) in [5, 5.41) is 1.24. The summed E-state index contributed by atoms with van der Waals surface area (Å²) >= 11 is 0. The summed E-state index contributed by atoms with van der Waals surface area (Å²) in [5.41, 5.74) is 3.52. The van der Waals surface area contributed by atoms with Crippen molar-refractivity contribution in [3.63, 3.8) is 0 Å². The van der Waals surface area contributed by atoms with Crippen LogP contribution in [0.5, 0.6) is 0 Å². The van der Waals surface area contributed by atoms with E-state index in [1.807, 2.05) is 4.90 Å². The molecule has 2 fully saturated rings. The van der Waals surface area contributed by atoms with Crippen LogP contribution in [0.25, 0.3) is 10.9 Å². The van der Waals surface area contributed by atoms with Crippen LogP contribution in [0, 0.1) is 6.92 Å². The number of benzene rings is 1. The van der Waals surface area contributed by atoms with Gasteiger partial charge in [0.2, 0.25) is 5.91 Å². The smallest absolute Gasteiger partial charge is 0.223 e. The number of hydrogen-bond acceptors (Lipinski definition) is 3. The molecule has 2 aromatic rings. The number of fused-ring (bicyclic) bond motifs is 1. The fourth-order valence-electron chi connectivity index (χ4n) is 4.29. The number of aryl methyl sites for hydroxylation is 2. The maximum atomic E-state index is 12.8. The fourth-order valence-corrected chi connectivity index (χ4v) is 4.29. The molecule has 1 N–H and O–H groups in total. The molecule has 5 nitrogen and oxygen atoms in total. The van der Waals surface area contributed by atoms with Gasteiger partial charge in [0.25, 0.3) is 0 Å². The number of rotatable bonds is 3. The first kappa shape index (κ1) is 17.6. The van der Waals surface area contributed by atoms with Crippen molar-refractivity contribution in [3.8, 4) is 0 Å². The molecule has 4 rings (SSSR count). The van der Waals surface area contributed by atoms with E-state index >= 15 is 0 Å². The van der Waals surface area contributed by atoms with Crippen LogP contribution < -0.4 is 0 Å². The molecule has 0 bridgehead atoms. The maximum Gasteiger partial charge on any atom is 0.223 e. The van der Waals surface area contributed by atoms with Gasteiger partial charge in [-0.05, 0) is 50.9 Å². The SMILES string of the molecule is Cc1ccc2[nH]cc(CCC(=O)N3CCOC4(CCN(C)CC4)C3)c2c1. The number of nitrogens with one attached hydrogen (secondary N) is 1. The molecule has 2 aliphatic heterocycles. The molecule has 0 saturated carbocycles. The van der Waals surface area contributed by atoms with E-state index in [1.165, 1.54) is 16.5 Å². The second-order valence-electron chi connectivity index (χ2n) is 8.01. The monoisotopic (exact) mass is 355 g/mol. The topological polar surface area (TPSA) is 48.6 Å². The molecule has 0 radical (unpaired) electrons. The Morgan fingerprint density at radius 2 is 2.08 bits per heavy atom. The summed E-state index contributed by atoms with van der Waals surface area (Å²) in [6, 6.07) is 6.43. The third-order valence-corrected chi connectivity index (χ3v) is 6.03. The molecule has 2 aliphatic rings. The lowest BCUT2D eigenvalue weighted by Gasteiger charge is -2.46. The number of amides is 1. The van der Waals surface area contributed by atoms with Gasteiger partial charge in [-0.2, -0.15) is 0 Å². The number of carbonyl (C=O) groups excluding carboxylic acids is 1. The Hall–Kier alpha value is -1.85. The van der Waals surface area contributed by atoms with E-state index in [-0.39, 0.29) is 11.5 Å². The Kier molecular flexibility index (Phi) is 4.76. The van der Waals surface area contributed by atoms with Gasteiger partial charge < -0.3 is 19.5 Å². The molecule has 5 heteroatoms. The van der Waals surface area contributed by atoms with Gasteiger partial charge in [-0.3, -0.25) is 4.79 Å². The molecule has 3 heterocycles. The highest BCUT2D eigenvalue weighted by Gasteiger charge is 2.40. The first-order chi connectivity index (χ1) is 12.5. The molecule has 0 atom stereocenters. The minimum Gasteiger partial charge on any atom is -0.371 e. The zero-order valence-corrected chi connectivity index (χ0v) is 15.9. The van der Waals surface area contributed by atoms with E-state index in [2.05, 4.69) is 48.3 Å². The summed E-state index contributed by atoms with van der Waals surface area (Å²) in [5.74, 6) is 0.258. The summed E-state index contributed by atoms with van der Waals surface area (Å²) in [4.78, 5) is 20.5. The van der Waals surface area contributed by atoms with Crippen LogP contribution >= 0.6 is 0 Å². The maximum absolute atomic E-state index is 12.8. The van der Waals surface area contributed by atoms with Crippen molar-refractivity contribution in [1.82, 2.24) is 14.8 Å². The minimum atomic E-state index is -0.113. The fraction of sp³-hybridized carbons (Fsp3) is 0.571. The average molecular weight is 355 g/mol. The van der Waals surface area contributed by atoms with Crippen LogP contribution in [-0.4, -0.2) is 66.1 Å². The van der Waals surface area contributed by atoms with Gasteiger partial charge in [0.15, 0.2) is 0 Å². The highest BCUT2D eigenvalue weighted by molar-refractivity contribution is 5.85. The van der Waals surface area contributed by atoms with Crippen molar-refractivity contribution in [2.45, 2.75) is 38.2 Å². The van der Waals surface area contributed by atoms with Crippen LogP contribution in [-0.2, 0) is 16.0 Å². The predicted octanol–water partition coefficient (Wildman–Crippen LogP) is 2.73. The van der Waals surface area contributed by atoms with Gasteiger partial charge in [-0.15, -0.1) is 0 Å². The van der Waals surface area contributed by atoms with Gasteiger partial charge >= 0.3 is 0 Å². The van der Waals surface area contributed by atoms with Crippen molar-refractivity contribution in [3.05, 3.63) is 35.5 Å². The van der Waals surface area contributed by atoms with Crippen molar-refractivity contribution in [2.24, 2.45) is 0 Å². The number of morpholine rings is 1. The third kappa shape index (κ3) is 3.51. The van der Waals surface area contributed by atoms with Gasteiger partial charge in [-0.1, -0.05) is 11.6 Å². The molecule has 1 aromatic heterocycles. The second kappa shape index (κ2) is 7.05. The van der Waals surface area contributed by atoms with Gasteiger partial charge in [0.05, 0.1) is 12.2 Å². The standard InChI is InChI=1S/C21H29N3O2/c1-16-3-5-19-18(13-16)17(14-22-19)4-6-20(25)24-11-12-26-21(15-24)7-9-23(2)10-8-21/h3,5,13-14,22H,4,6-12,15H2,1-2H3. The zero-order chi connectivity index (χ0) is 18.1. The number of carbonyl (C=O) groups is 1. The first-order valence-electron chi connectivity index (χ1n) is 9.72. The second-order valence-corrected chi connectivity index (χ2v) is 8.01. The largest absolute Gasteiger partial charge is 0.371 e. The lowest BCUT2D eigenvalue weighted by molar-refractivity contribution is -0.158. The number of aromatic nitrogens is 1.